The number of aryl methyl sites for hydroxylation is 1. The molecule has 2 heterocycles. The maximum Gasteiger partial charge on any atom is 0.356 e. The summed E-state index contributed by atoms with van der Waals surface area (Å²) in [6, 6.07) is 0.185. The molecule has 0 saturated heterocycles. The zero-order chi connectivity index (χ0) is 11.7. The first kappa shape index (κ1) is 11.5. The third-order valence-electron chi connectivity index (χ3n) is 2.69. The molecular formula is C11H16N2O2S. The van der Waals surface area contributed by atoms with Crippen LogP contribution in [0.5, 0.6) is 0 Å². The lowest BCUT2D eigenvalue weighted by Crippen LogP contribution is -2.15. The minimum Gasteiger partial charge on any atom is -0.464 e. The Labute approximate surface area is 99.4 Å². The number of thioether (sulfide) groups is 1. The van der Waals surface area contributed by atoms with Crippen molar-refractivity contribution in [2.24, 2.45) is 0 Å². The van der Waals surface area contributed by atoms with Crippen LogP contribution in [0.3, 0.4) is 0 Å². The molecule has 0 radical (unpaired) electrons. The predicted molar refractivity (Wildman–Crippen MR) is 63.8 cm³/mol. The van der Waals surface area contributed by atoms with E-state index in [1.807, 2.05) is 25.6 Å². The van der Waals surface area contributed by atoms with Gasteiger partial charge < -0.3 is 4.74 Å². The smallest absolute Gasteiger partial charge is 0.356 e. The molecule has 1 aromatic rings. The van der Waals surface area contributed by atoms with Crippen LogP contribution in [-0.4, -0.2) is 28.6 Å². The van der Waals surface area contributed by atoms with Crippen LogP contribution in [0.15, 0.2) is 0 Å². The van der Waals surface area contributed by atoms with E-state index in [4.69, 9.17) is 4.74 Å². The molecule has 0 spiro atoms. The van der Waals surface area contributed by atoms with Gasteiger partial charge in [-0.25, -0.2) is 4.79 Å². The molecule has 2 rings (SSSR count). The van der Waals surface area contributed by atoms with Crippen molar-refractivity contribution in [2.75, 3.05) is 12.9 Å². The molecule has 1 aromatic heterocycles. The number of carbonyl (C=O) groups excluding carboxylic acids is 1. The van der Waals surface area contributed by atoms with Gasteiger partial charge in [0, 0.05) is 23.8 Å². The standard InChI is InChI=1S/C11H16N2O2S/c1-7(2)13-10(11(14)15-3)8-6-16-5-4-9(8)12-13/h7H,4-6H2,1-3H3. The van der Waals surface area contributed by atoms with E-state index < -0.39 is 0 Å². The second-order valence-corrected chi connectivity index (χ2v) is 5.21. The average Bonchev–Trinajstić information content (AvgIpc) is 2.67. The normalized spacial score (nSPS) is 15.0. The fourth-order valence-corrected chi connectivity index (χ4v) is 2.89. The lowest BCUT2D eigenvalue weighted by molar-refractivity contribution is 0.0583. The Morgan fingerprint density at radius 1 is 1.56 bits per heavy atom. The van der Waals surface area contributed by atoms with Crippen molar-refractivity contribution in [1.82, 2.24) is 9.78 Å². The molecule has 0 atom stereocenters. The third-order valence-corrected chi connectivity index (χ3v) is 3.67. The van der Waals surface area contributed by atoms with Crippen LogP contribution in [0.25, 0.3) is 0 Å². The highest BCUT2D eigenvalue weighted by Gasteiger charge is 2.26. The van der Waals surface area contributed by atoms with Crippen LogP contribution >= 0.6 is 11.8 Å². The van der Waals surface area contributed by atoms with Gasteiger partial charge in [-0.15, -0.1) is 0 Å². The summed E-state index contributed by atoms with van der Waals surface area (Å²) >= 11 is 1.84. The molecule has 0 bridgehead atoms. The third kappa shape index (κ3) is 1.84. The molecule has 0 aliphatic carbocycles. The maximum absolute atomic E-state index is 11.8. The van der Waals surface area contributed by atoms with Crippen molar-refractivity contribution >= 4 is 17.7 Å². The van der Waals surface area contributed by atoms with Crippen molar-refractivity contribution in [3.63, 3.8) is 0 Å². The van der Waals surface area contributed by atoms with E-state index in [1.54, 1.807) is 4.68 Å². The van der Waals surface area contributed by atoms with Gasteiger partial charge >= 0.3 is 5.97 Å². The number of esters is 1. The molecule has 0 fully saturated rings. The van der Waals surface area contributed by atoms with Gasteiger partial charge in [-0.2, -0.15) is 16.9 Å². The molecule has 88 valence electrons. The molecule has 0 saturated carbocycles. The number of nitrogens with zero attached hydrogens (tertiary/aromatic N) is 2. The van der Waals surface area contributed by atoms with E-state index in [2.05, 4.69) is 5.10 Å². The molecule has 1 aliphatic heterocycles. The lowest BCUT2D eigenvalue weighted by Gasteiger charge is -2.11. The lowest BCUT2D eigenvalue weighted by atomic mass is 10.1. The summed E-state index contributed by atoms with van der Waals surface area (Å²) in [7, 11) is 1.42. The van der Waals surface area contributed by atoms with Gasteiger partial charge in [-0.1, -0.05) is 0 Å². The number of methoxy groups -OCH3 is 1. The van der Waals surface area contributed by atoms with E-state index >= 15 is 0 Å². The van der Waals surface area contributed by atoms with Gasteiger partial charge in [-0.3, -0.25) is 4.68 Å². The van der Waals surface area contributed by atoms with Crippen LogP contribution in [0.2, 0.25) is 0 Å². The maximum atomic E-state index is 11.8. The first-order chi connectivity index (χ1) is 7.65. The largest absolute Gasteiger partial charge is 0.464 e. The van der Waals surface area contributed by atoms with Gasteiger partial charge in [0.1, 0.15) is 0 Å². The summed E-state index contributed by atoms with van der Waals surface area (Å²) < 4.78 is 6.64. The van der Waals surface area contributed by atoms with Gasteiger partial charge in [-0.05, 0) is 19.6 Å². The predicted octanol–water partition coefficient (Wildman–Crippen LogP) is 2.04. The van der Waals surface area contributed by atoms with Gasteiger partial charge in [0.25, 0.3) is 0 Å². The van der Waals surface area contributed by atoms with Crippen molar-refractivity contribution in [2.45, 2.75) is 32.1 Å². The Morgan fingerprint density at radius 3 is 2.94 bits per heavy atom. The minimum absolute atomic E-state index is 0.185. The summed E-state index contributed by atoms with van der Waals surface area (Å²) in [5.74, 6) is 1.68. The quantitative estimate of drug-likeness (QED) is 0.742. The topological polar surface area (TPSA) is 44.1 Å². The summed E-state index contributed by atoms with van der Waals surface area (Å²) in [6.07, 6.45) is 0.948. The minimum atomic E-state index is -0.273. The number of fused-ring (bicyclic) bond motifs is 1. The molecule has 0 aromatic carbocycles. The van der Waals surface area contributed by atoms with E-state index in [9.17, 15) is 4.79 Å². The van der Waals surface area contributed by atoms with Crippen molar-refractivity contribution in [1.29, 1.82) is 0 Å². The molecule has 5 heteroatoms. The summed E-state index contributed by atoms with van der Waals surface area (Å²) in [5.41, 5.74) is 2.77. The molecule has 16 heavy (non-hydrogen) atoms. The Bertz CT molecular complexity index is 412. The molecule has 0 N–H and O–H groups in total. The molecule has 1 aliphatic rings. The molecular weight excluding hydrogens is 224 g/mol. The monoisotopic (exact) mass is 240 g/mol. The zero-order valence-corrected chi connectivity index (χ0v) is 10.6. The first-order valence-corrected chi connectivity index (χ1v) is 6.57. The average molecular weight is 240 g/mol. The summed E-state index contributed by atoms with van der Waals surface area (Å²) in [6.45, 7) is 4.05. The fourth-order valence-electron chi connectivity index (χ4n) is 1.90. The molecule has 0 amide bonds. The number of rotatable bonds is 2. The Balaban J connectivity index is 2.52. The van der Waals surface area contributed by atoms with Crippen molar-refractivity contribution in [3.8, 4) is 0 Å². The Morgan fingerprint density at radius 2 is 2.31 bits per heavy atom. The van der Waals surface area contributed by atoms with Gasteiger partial charge in [0.05, 0.1) is 12.8 Å². The highest BCUT2D eigenvalue weighted by atomic mass is 32.2. The fraction of sp³-hybridized carbons (Fsp3) is 0.636. The first-order valence-electron chi connectivity index (χ1n) is 5.41. The zero-order valence-electron chi connectivity index (χ0n) is 9.82. The van der Waals surface area contributed by atoms with Crippen molar-refractivity contribution in [3.05, 3.63) is 17.0 Å². The summed E-state index contributed by atoms with van der Waals surface area (Å²) in [5, 5.41) is 4.52. The number of hydrogen-bond donors (Lipinski definition) is 0. The van der Waals surface area contributed by atoms with Crippen LogP contribution < -0.4 is 0 Å². The molecule has 0 unspecified atom stereocenters. The van der Waals surface area contributed by atoms with Crippen LogP contribution in [0, 0.1) is 0 Å². The number of hydrogen-bond acceptors (Lipinski definition) is 4. The SMILES string of the molecule is COC(=O)c1c2c(nn1C(C)C)CCSC2. The second kappa shape index (κ2) is 4.49. The van der Waals surface area contributed by atoms with E-state index in [0.717, 1.165) is 29.2 Å². The Kier molecular flexibility index (Phi) is 3.23. The van der Waals surface area contributed by atoms with E-state index in [1.165, 1.54) is 7.11 Å². The van der Waals surface area contributed by atoms with E-state index in [-0.39, 0.29) is 12.0 Å². The Hall–Kier alpha value is -0.970. The number of carbonyl (C=O) groups is 1. The van der Waals surface area contributed by atoms with E-state index in [0.29, 0.717) is 5.69 Å². The van der Waals surface area contributed by atoms with Gasteiger partial charge in [0.2, 0.25) is 0 Å². The molecule has 4 nitrogen and oxygen atoms in total. The highest BCUT2D eigenvalue weighted by Crippen LogP contribution is 2.29. The van der Waals surface area contributed by atoms with Crippen molar-refractivity contribution < 1.29 is 9.53 Å². The number of ether oxygens (including phenoxy) is 1. The van der Waals surface area contributed by atoms with Crippen LogP contribution in [0.4, 0.5) is 0 Å². The van der Waals surface area contributed by atoms with Crippen LogP contribution in [0.1, 0.15) is 41.6 Å². The highest BCUT2D eigenvalue weighted by molar-refractivity contribution is 7.98. The number of aromatic nitrogens is 2. The second-order valence-electron chi connectivity index (χ2n) is 4.11. The summed E-state index contributed by atoms with van der Waals surface area (Å²) in [4.78, 5) is 11.8. The van der Waals surface area contributed by atoms with Crippen LogP contribution in [-0.2, 0) is 16.9 Å². The van der Waals surface area contributed by atoms with Gasteiger partial charge in [0.15, 0.2) is 5.69 Å².